The van der Waals surface area contributed by atoms with Gasteiger partial charge in [0.05, 0.1) is 15.8 Å². The molecule has 1 aromatic heterocycles. The lowest BCUT2D eigenvalue weighted by Gasteiger charge is -2.12. The first kappa shape index (κ1) is 19.9. The predicted molar refractivity (Wildman–Crippen MR) is 110 cm³/mol. The maximum Gasteiger partial charge on any atom is 0.237 e. The van der Waals surface area contributed by atoms with Crippen molar-refractivity contribution in [3.05, 3.63) is 70.5 Å². The number of benzene rings is 2. The van der Waals surface area contributed by atoms with E-state index in [0.29, 0.717) is 27.9 Å². The van der Waals surface area contributed by atoms with E-state index in [2.05, 4.69) is 15.5 Å². The van der Waals surface area contributed by atoms with E-state index in [1.807, 2.05) is 48.0 Å². The number of amides is 1. The molecule has 0 aliphatic rings. The zero-order valence-electron chi connectivity index (χ0n) is 15.4. The molecule has 0 bridgehead atoms. The van der Waals surface area contributed by atoms with Gasteiger partial charge in [-0.2, -0.15) is 5.26 Å². The summed E-state index contributed by atoms with van der Waals surface area (Å²) in [6.07, 6.45) is 0.676. The molecular formula is C20H18ClN5OS. The van der Waals surface area contributed by atoms with Crippen LogP contribution in [0, 0.1) is 11.3 Å². The minimum absolute atomic E-state index is 0.182. The standard InChI is InChI=1S/C20H18ClN5OS/c1-13(19(27)23-16-9-8-15(12-22)17(21)11-16)28-20-25-24-18(26(20)2)10-14-6-4-3-5-7-14/h3-9,11,13H,10H2,1-2H3,(H,23,27)/t13-/m0/s1. The first-order valence-electron chi connectivity index (χ1n) is 8.57. The second-order valence-electron chi connectivity index (χ2n) is 6.18. The summed E-state index contributed by atoms with van der Waals surface area (Å²) in [6, 6.07) is 16.8. The predicted octanol–water partition coefficient (Wildman–Crippen LogP) is 4.05. The van der Waals surface area contributed by atoms with E-state index in [1.165, 1.54) is 11.8 Å². The van der Waals surface area contributed by atoms with Gasteiger partial charge in [0.25, 0.3) is 0 Å². The molecule has 6 nitrogen and oxygen atoms in total. The molecule has 28 heavy (non-hydrogen) atoms. The summed E-state index contributed by atoms with van der Waals surface area (Å²) >= 11 is 7.34. The van der Waals surface area contributed by atoms with Crippen molar-refractivity contribution in [2.45, 2.75) is 23.8 Å². The highest BCUT2D eigenvalue weighted by Crippen LogP contribution is 2.25. The van der Waals surface area contributed by atoms with Crippen molar-refractivity contribution in [1.29, 1.82) is 5.26 Å². The zero-order chi connectivity index (χ0) is 20.1. The summed E-state index contributed by atoms with van der Waals surface area (Å²) < 4.78 is 1.90. The Morgan fingerprint density at radius 3 is 2.71 bits per heavy atom. The van der Waals surface area contributed by atoms with Gasteiger partial charge in [-0.1, -0.05) is 53.7 Å². The molecule has 0 radical (unpaired) electrons. The van der Waals surface area contributed by atoms with Crippen LogP contribution in [-0.2, 0) is 18.3 Å². The summed E-state index contributed by atoms with van der Waals surface area (Å²) in [5.41, 5.74) is 2.06. The van der Waals surface area contributed by atoms with Crippen molar-refractivity contribution in [3.8, 4) is 6.07 Å². The number of carbonyl (C=O) groups excluding carboxylic acids is 1. The van der Waals surface area contributed by atoms with Crippen LogP contribution in [0.15, 0.2) is 53.7 Å². The number of rotatable bonds is 6. The van der Waals surface area contributed by atoms with Crippen molar-refractivity contribution < 1.29 is 4.79 Å². The minimum atomic E-state index is -0.387. The highest BCUT2D eigenvalue weighted by atomic mass is 35.5. The van der Waals surface area contributed by atoms with E-state index in [1.54, 1.807) is 25.1 Å². The minimum Gasteiger partial charge on any atom is -0.325 e. The lowest BCUT2D eigenvalue weighted by Crippen LogP contribution is -2.22. The molecule has 3 aromatic rings. The number of hydrogen-bond donors (Lipinski definition) is 1. The third-order valence-electron chi connectivity index (χ3n) is 4.14. The highest BCUT2D eigenvalue weighted by molar-refractivity contribution is 8.00. The first-order valence-corrected chi connectivity index (χ1v) is 9.83. The fourth-order valence-corrected chi connectivity index (χ4v) is 3.58. The number of nitrogens with zero attached hydrogens (tertiary/aromatic N) is 4. The number of aromatic nitrogens is 3. The van der Waals surface area contributed by atoms with Crippen molar-refractivity contribution >= 4 is 35.0 Å². The Morgan fingerprint density at radius 2 is 2.04 bits per heavy atom. The van der Waals surface area contributed by atoms with Gasteiger partial charge in [0, 0.05) is 19.2 Å². The Bertz CT molecular complexity index is 1030. The van der Waals surface area contributed by atoms with Crippen molar-refractivity contribution in [2.75, 3.05) is 5.32 Å². The number of thioether (sulfide) groups is 1. The number of carbonyl (C=O) groups is 1. The molecule has 0 unspecified atom stereocenters. The van der Waals surface area contributed by atoms with Gasteiger partial charge in [-0.25, -0.2) is 0 Å². The molecule has 0 spiro atoms. The molecule has 8 heteroatoms. The molecule has 2 aromatic carbocycles. The summed E-state index contributed by atoms with van der Waals surface area (Å²) in [6.45, 7) is 1.80. The summed E-state index contributed by atoms with van der Waals surface area (Å²) in [5, 5.41) is 20.8. The molecule has 1 heterocycles. The van der Waals surface area contributed by atoms with Crippen LogP contribution in [-0.4, -0.2) is 25.9 Å². The monoisotopic (exact) mass is 411 g/mol. The highest BCUT2D eigenvalue weighted by Gasteiger charge is 2.19. The van der Waals surface area contributed by atoms with E-state index in [-0.39, 0.29) is 11.2 Å². The lowest BCUT2D eigenvalue weighted by atomic mass is 10.1. The third kappa shape index (κ3) is 4.71. The SMILES string of the molecule is C[C@H](Sc1nnc(Cc2ccccc2)n1C)C(=O)Nc1ccc(C#N)c(Cl)c1. The normalized spacial score (nSPS) is 11.6. The molecule has 1 N–H and O–H groups in total. The van der Waals surface area contributed by atoms with Crippen LogP contribution in [0.1, 0.15) is 23.9 Å². The van der Waals surface area contributed by atoms with E-state index in [9.17, 15) is 4.79 Å². The molecule has 3 rings (SSSR count). The average Bonchev–Trinajstić information content (AvgIpc) is 3.02. The number of halogens is 1. The maximum absolute atomic E-state index is 12.5. The van der Waals surface area contributed by atoms with Gasteiger partial charge in [-0.05, 0) is 30.7 Å². The van der Waals surface area contributed by atoms with E-state index >= 15 is 0 Å². The van der Waals surface area contributed by atoms with Crippen LogP contribution >= 0.6 is 23.4 Å². The Kier molecular flexibility index (Phi) is 6.34. The molecule has 0 fully saturated rings. The van der Waals surface area contributed by atoms with Gasteiger partial charge in [-0.3, -0.25) is 4.79 Å². The quantitative estimate of drug-likeness (QED) is 0.618. The molecule has 0 aliphatic heterocycles. The van der Waals surface area contributed by atoms with Crippen molar-refractivity contribution in [1.82, 2.24) is 14.8 Å². The Labute approximate surface area is 172 Å². The summed E-state index contributed by atoms with van der Waals surface area (Å²) in [4.78, 5) is 12.5. The largest absolute Gasteiger partial charge is 0.325 e. The van der Waals surface area contributed by atoms with Crippen molar-refractivity contribution in [3.63, 3.8) is 0 Å². The molecular weight excluding hydrogens is 394 g/mol. The van der Waals surface area contributed by atoms with Gasteiger partial charge in [0.2, 0.25) is 5.91 Å². The van der Waals surface area contributed by atoms with Crippen LogP contribution in [0.2, 0.25) is 5.02 Å². The number of anilines is 1. The molecule has 0 saturated carbocycles. The summed E-state index contributed by atoms with van der Waals surface area (Å²) in [5.74, 6) is 0.651. The number of nitriles is 1. The second kappa shape index (κ2) is 8.91. The van der Waals surface area contributed by atoms with Gasteiger partial charge < -0.3 is 9.88 Å². The zero-order valence-corrected chi connectivity index (χ0v) is 17.0. The Balaban J connectivity index is 1.64. The number of hydrogen-bond acceptors (Lipinski definition) is 5. The van der Waals surface area contributed by atoms with Crippen LogP contribution in [0.5, 0.6) is 0 Å². The van der Waals surface area contributed by atoms with Crippen LogP contribution < -0.4 is 5.32 Å². The first-order chi connectivity index (χ1) is 13.5. The van der Waals surface area contributed by atoms with Gasteiger partial charge >= 0.3 is 0 Å². The fraction of sp³-hybridized carbons (Fsp3) is 0.200. The van der Waals surface area contributed by atoms with Gasteiger partial charge in [-0.15, -0.1) is 10.2 Å². The number of nitrogens with one attached hydrogen (secondary N) is 1. The lowest BCUT2D eigenvalue weighted by molar-refractivity contribution is -0.115. The van der Waals surface area contributed by atoms with Crippen LogP contribution in [0.3, 0.4) is 0 Å². The molecule has 142 valence electrons. The fourth-order valence-electron chi connectivity index (χ4n) is 2.52. The van der Waals surface area contributed by atoms with Crippen LogP contribution in [0.4, 0.5) is 5.69 Å². The average molecular weight is 412 g/mol. The molecule has 0 aliphatic carbocycles. The molecule has 0 saturated heterocycles. The van der Waals surface area contributed by atoms with E-state index in [0.717, 1.165) is 11.4 Å². The molecule has 1 atom stereocenters. The Morgan fingerprint density at radius 1 is 1.29 bits per heavy atom. The second-order valence-corrected chi connectivity index (χ2v) is 7.89. The topological polar surface area (TPSA) is 83.6 Å². The summed E-state index contributed by atoms with van der Waals surface area (Å²) in [7, 11) is 1.89. The maximum atomic E-state index is 12.5. The smallest absolute Gasteiger partial charge is 0.237 e. The molecule has 1 amide bonds. The third-order valence-corrected chi connectivity index (χ3v) is 5.59. The van der Waals surface area contributed by atoms with Crippen molar-refractivity contribution in [2.24, 2.45) is 7.05 Å². The van der Waals surface area contributed by atoms with E-state index in [4.69, 9.17) is 16.9 Å². The Hall–Kier alpha value is -2.82. The van der Waals surface area contributed by atoms with Crippen LogP contribution in [0.25, 0.3) is 0 Å². The van der Waals surface area contributed by atoms with Gasteiger partial charge in [0.15, 0.2) is 5.16 Å². The van der Waals surface area contributed by atoms with E-state index < -0.39 is 0 Å². The van der Waals surface area contributed by atoms with Gasteiger partial charge in [0.1, 0.15) is 11.9 Å².